The molecule has 1 N–H and O–H groups in total. The fraction of sp³-hybridized carbons (Fsp3) is 0.150. The summed E-state index contributed by atoms with van der Waals surface area (Å²) >= 11 is 7.33. The molecule has 1 aromatic heterocycles. The van der Waals surface area contributed by atoms with E-state index in [1.165, 1.54) is 11.3 Å². The number of ether oxygens (including phenoxy) is 2. The van der Waals surface area contributed by atoms with Crippen LogP contribution < -0.4 is 10.1 Å². The number of esters is 1. The number of rotatable bonds is 8. The van der Waals surface area contributed by atoms with E-state index in [0.29, 0.717) is 16.5 Å². The Kier molecular flexibility index (Phi) is 7.00. The summed E-state index contributed by atoms with van der Waals surface area (Å²) in [5.41, 5.74) is 1.58. The van der Waals surface area contributed by atoms with Crippen LogP contribution >= 0.6 is 22.9 Å². The van der Waals surface area contributed by atoms with Gasteiger partial charge in [-0.15, -0.1) is 11.3 Å². The van der Waals surface area contributed by atoms with Crippen molar-refractivity contribution in [2.45, 2.75) is 6.61 Å². The summed E-state index contributed by atoms with van der Waals surface area (Å²) in [5.74, 6) is -0.367. The van der Waals surface area contributed by atoms with Crippen LogP contribution in [-0.2, 0) is 20.9 Å². The number of thiazole rings is 1. The smallest absolute Gasteiger partial charge is 0.325 e. The van der Waals surface area contributed by atoms with Crippen molar-refractivity contribution in [1.82, 2.24) is 10.3 Å². The molecule has 0 saturated carbocycles. The predicted molar refractivity (Wildman–Crippen MR) is 107 cm³/mol. The van der Waals surface area contributed by atoms with Crippen molar-refractivity contribution in [3.8, 4) is 16.3 Å². The maximum absolute atomic E-state index is 11.8. The third-order valence-corrected chi connectivity index (χ3v) is 4.76. The van der Waals surface area contributed by atoms with Crippen LogP contribution in [0.2, 0.25) is 5.02 Å². The van der Waals surface area contributed by atoms with E-state index in [-0.39, 0.29) is 19.8 Å². The van der Waals surface area contributed by atoms with E-state index in [4.69, 9.17) is 21.1 Å². The molecular formula is C20H17ClN2O4S. The number of para-hydroxylation sites is 1. The molecule has 8 heteroatoms. The Labute approximate surface area is 171 Å². The number of hydrogen-bond acceptors (Lipinski definition) is 6. The fourth-order valence-corrected chi connectivity index (χ4v) is 3.13. The molecule has 144 valence electrons. The average Bonchev–Trinajstić information content (AvgIpc) is 3.19. The summed E-state index contributed by atoms with van der Waals surface area (Å²) in [4.78, 5) is 27.9. The lowest BCUT2D eigenvalue weighted by molar-refractivity contribution is -0.145. The van der Waals surface area contributed by atoms with Crippen molar-refractivity contribution >= 4 is 34.8 Å². The van der Waals surface area contributed by atoms with E-state index >= 15 is 0 Å². The molecule has 3 rings (SSSR count). The Morgan fingerprint density at radius 2 is 1.82 bits per heavy atom. The average molecular weight is 417 g/mol. The molecule has 3 aromatic rings. The van der Waals surface area contributed by atoms with Crippen molar-refractivity contribution in [2.24, 2.45) is 0 Å². The monoisotopic (exact) mass is 416 g/mol. The van der Waals surface area contributed by atoms with E-state index in [1.807, 2.05) is 23.6 Å². The van der Waals surface area contributed by atoms with Gasteiger partial charge in [0.25, 0.3) is 5.91 Å². The number of aromatic nitrogens is 1. The Morgan fingerprint density at radius 1 is 1.07 bits per heavy atom. The molecule has 0 unspecified atom stereocenters. The Bertz CT molecular complexity index is 929. The van der Waals surface area contributed by atoms with Gasteiger partial charge in [0.15, 0.2) is 6.61 Å². The standard InChI is InChI=1S/C20H17ClN2O4S/c21-15-8-6-14(7-9-15)20-23-16(13-28-20)11-27-19(25)10-22-18(24)12-26-17-4-2-1-3-5-17/h1-9,13H,10-12H2,(H,22,24). The molecule has 0 radical (unpaired) electrons. The molecule has 2 aromatic carbocycles. The highest BCUT2D eigenvalue weighted by molar-refractivity contribution is 7.13. The van der Waals surface area contributed by atoms with Gasteiger partial charge in [0, 0.05) is 16.0 Å². The Hall–Kier alpha value is -2.90. The molecule has 28 heavy (non-hydrogen) atoms. The molecule has 0 aliphatic rings. The molecule has 6 nitrogen and oxygen atoms in total. The van der Waals surface area contributed by atoms with Crippen LogP contribution in [0.4, 0.5) is 0 Å². The molecule has 0 spiro atoms. The van der Waals surface area contributed by atoms with Gasteiger partial charge in [0.2, 0.25) is 0 Å². The highest BCUT2D eigenvalue weighted by Gasteiger charge is 2.10. The van der Waals surface area contributed by atoms with Gasteiger partial charge in [-0.05, 0) is 24.3 Å². The first-order chi connectivity index (χ1) is 13.6. The van der Waals surface area contributed by atoms with E-state index in [2.05, 4.69) is 10.3 Å². The first-order valence-corrected chi connectivity index (χ1v) is 9.66. The fourth-order valence-electron chi connectivity index (χ4n) is 2.19. The minimum Gasteiger partial charge on any atom is -0.484 e. The highest BCUT2D eigenvalue weighted by Crippen LogP contribution is 2.25. The third kappa shape index (κ3) is 6.07. The SMILES string of the molecule is O=C(COc1ccccc1)NCC(=O)OCc1csc(-c2ccc(Cl)cc2)n1. The number of carbonyl (C=O) groups is 2. The van der Waals surface area contributed by atoms with Gasteiger partial charge in [-0.25, -0.2) is 4.98 Å². The number of amides is 1. The number of hydrogen-bond donors (Lipinski definition) is 1. The van der Waals surface area contributed by atoms with Crippen LogP contribution in [0.1, 0.15) is 5.69 Å². The van der Waals surface area contributed by atoms with Crippen molar-refractivity contribution in [3.05, 3.63) is 70.7 Å². The normalized spacial score (nSPS) is 10.3. The summed E-state index contributed by atoms with van der Waals surface area (Å²) in [6.45, 7) is -0.363. The zero-order valence-corrected chi connectivity index (χ0v) is 16.3. The molecule has 0 bridgehead atoms. The second-order valence-corrected chi connectivity index (χ2v) is 6.98. The van der Waals surface area contributed by atoms with Gasteiger partial charge >= 0.3 is 5.97 Å². The molecule has 0 saturated heterocycles. The number of halogens is 1. The number of nitrogens with zero attached hydrogens (tertiary/aromatic N) is 1. The van der Waals surface area contributed by atoms with Crippen molar-refractivity contribution in [3.63, 3.8) is 0 Å². The Morgan fingerprint density at radius 3 is 2.57 bits per heavy atom. The molecule has 1 heterocycles. The number of carbonyl (C=O) groups excluding carboxylic acids is 2. The van der Waals surface area contributed by atoms with Gasteiger partial charge in [0.05, 0.1) is 5.69 Å². The minimum absolute atomic E-state index is 0.0410. The largest absolute Gasteiger partial charge is 0.484 e. The summed E-state index contributed by atoms with van der Waals surface area (Å²) < 4.78 is 10.4. The highest BCUT2D eigenvalue weighted by atomic mass is 35.5. The lowest BCUT2D eigenvalue weighted by Gasteiger charge is -2.07. The lowest BCUT2D eigenvalue weighted by Crippen LogP contribution is -2.34. The van der Waals surface area contributed by atoms with Crippen LogP contribution in [0.3, 0.4) is 0 Å². The summed E-state index contributed by atoms with van der Waals surface area (Å²) in [7, 11) is 0. The maximum Gasteiger partial charge on any atom is 0.325 e. The minimum atomic E-state index is -0.547. The summed E-state index contributed by atoms with van der Waals surface area (Å²) in [6.07, 6.45) is 0. The second kappa shape index (κ2) is 9.87. The van der Waals surface area contributed by atoms with E-state index in [9.17, 15) is 9.59 Å². The summed E-state index contributed by atoms with van der Waals surface area (Å²) in [5, 5.41) is 5.75. The van der Waals surface area contributed by atoms with E-state index < -0.39 is 11.9 Å². The van der Waals surface area contributed by atoms with E-state index in [0.717, 1.165) is 10.6 Å². The molecule has 0 aliphatic carbocycles. The quantitative estimate of drug-likeness (QED) is 0.566. The first kappa shape index (κ1) is 19.9. The zero-order chi connectivity index (χ0) is 19.8. The zero-order valence-electron chi connectivity index (χ0n) is 14.8. The Balaban J connectivity index is 1.38. The van der Waals surface area contributed by atoms with Crippen LogP contribution in [-0.4, -0.2) is 30.0 Å². The first-order valence-electron chi connectivity index (χ1n) is 8.40. The maximum atomic E-state index is 11.8. The lowest BCUT2D eigenvalue weighted by atomic mass is 10.2. The molecule has 0 fully saturated rings. The van der Waals surface area contributed by atoms with Crippen molar-refractivity contribution in [1.29, 1.82) is 0 Å². The molecule has 0 aliphatic heterocycles. The van der Waals surface area contributed by atoms with Gasteiger partial charge in [-0.2, -0.15) is 0 Å². The molecule has 1 amide bonds. The van der Waals surface area contributed by atoms with Crippen LogP contribution in [0.5, 0.6) is 5.75 Å². The topological polar surface area (TPSA) is 77.5 Å². The number of nitrogens with one attached hydrogen (secondary N) is 1. The second-order valence-electron chi connectivity index (χ2n) is 5.69. The van der Waals surface area contributed by atoms with Gasteiger partial charge < -0.3 is 14.8 Å². The van der Waals surface area contributed by atoms with Gasteiger partial charge in [-0.1, -0.05) is 41.9 Å². The predicted octanol–water partition coefficient (Wildman–Crippen LogP) is 3.70. The third-order valence-electron chi connectivity index (χ3n) is 3.57. The van der Waals surface area contributed by atoms with E-state index in [1.54, 1.807) is 36.4 Å². The van der Waals surface area contributed by atoms with Crippen LogP contribution in [0.15, 0.2) is 60.0 Å². The summed E-state index contributed by atoms with van der Waals surface area (Å²) in [6, 6.07) is 16.3. The molecule has 0 atom stereocenters. The van der Waals surface area contributed by atoms with Crippen molar-refractivity contribution in [2.75, 3.05) is 13.2 Å². The van der Waals surface area contributed by atoms with Crippen LogP contribution in [0.25, 0.3) is 10.6 Å². The number of benzene rings is 2. The van der Waals surface area contributed by atoms with Crippen LogP contribution in [0, 0.1) is 0 Å². The van der Waals surface area contributed by atoms with Crippen molar-refractivity contribution < 1.29 is 19.1 Å². The molecular weight excluding hydrogens is 400 g/mol. The van der Waals surface area contributed by atoms with Gasteiger partial charge in [-0.3, -0.25) is 9.59 Å². The van der Waals surface area contributed by atoms with Gasteiger partial charge in [0.1, 0.15) is 23.9 Å².